The molecule has 0 saturated heterocycles. The summed E-state index contributed by atoms with van der Waals surface area (Å²) in [6.07, 6.45) is 3.85. The van der Waals surface area contributed by atoms with E-state index in [2.05, 4.69) is 68.1 Å². The van der Waals surface area contributed by atoms with Crippen LogP contribution in [0.15, 0.2) is 24.5 Å². The maximum absolute atomic E-state index is 11.8. The highest BCUT2D eigenvalue weighted by atomic mass is 32.3. The molecule has 0 unspecified atom stereocenters. The lowest BCUT2D eigenvalue weighted by Gasteiger charge is -2.52. The van der Waals surface area contributed by atoms with Crippen LogP contribution < -0.4 is 5.32 Å². The van der Waals surface area contributed by atoms with Crippen molar-refractivity contribution < 1.29 is 4.79 Å². The number of hydrogen-bond donors (Lipinski definition) is 1. The van der Waals surface area contributed by atoms with Gasteiger partial charge in [0.15, 0.2) is 0 Å². The van der Waals surface area contributed by atoms with E-state index >= 15 is 0 Å². The van der Waals surface area contributed by atoms with E-state index in [1.165, 1.54) is 0 Å². The van der Waals surface area contributed by atoms with Crippen molar-refractivity contribution in [1.82, 2.24) is 14.3 Å². The summed E-state index contributed by atoms with van der Waals surface area (Å²) in [5, 5.41) is 5.35. The normalized spacial score (nSPS) is 13.3. The summed E-state index contributed by atoms with van der Waals surface area (Å²) in [5.74, 6) is -0.0951. The minimum absolute atomic E-state index is 0.0951. The zero-order valence-corrected chi connectivity index (χ0v) is 16.1. The molecule has 0 spiro atoms. The number of nitrogens with one attached hydrogen (secondary N) is 1. The van der Waals surface area contributed by atoms with Gasteiger partial charge in [0.1, 0.15) is 5.65 Å². The van der Waals surface area contributed by atoms with Crippen molar-refractivity contribution in [3.63, 3.8) is 0 Å². The number of carbonyl (C=O) groups excluding carboxylic acids is 1. The van der Waals surface area contributed by atoms with Crippen LogP contribution in [0.5, 0.6) is 0 Å². The van der Waals surface area contributed by atoms with E-state index < -0.39 is 10.2 Å². The van der Waals surface area contributed by atoms with Gasteiger partial charge in [-0.3, -0.25) is 8.77 Å². The van der Waals surface area contributed by atoms with Gasteiger partial charge >= 0.3 is 0 Å². The maximum Gasteiger partial charge on any atom is 0.252 e. The molecule has 1 amide bonds. The van der Waals surface area contributed by atoms with Crippen LogP contribution >= 0.6 is 10.2 Å². The highest BCUT2D eigenvalue weighted by Crippen LogP contribution is 2.62. The highest BCUT2D eigenvalue weighted by molar-refractivity contribution is 8.33. The lowest BCUT2D eigenvalue weighted by Crippen LogP contribution is -2.34. The molecular formula is C18H29N3OS. The van der Waals surface area contributed by atoms with Crippen LogP contribution in [-0.4, -0.2) is 37.7 Å². The van der Waals surface area contributed by atoms with Gasteiger partial charge in [-0.2, -0.15) is 10.2 Å². The minimum atomic E-state index is -1.09. The quantitative estimate of drug-likeness (QED) is 0.890. The highest BCUT2D eigenvalue weighted by Gasteiger charge is 2.37. The first-order chi connectivity index (χ1) is 10.8. The van der Waals surface area contributed by atoms with Gasteiger partial charge in [0.05, 0.1) is 5.56 Å². The summed E-state index contributed by atoms with van der Waals surface area (Å²) < 4.78 is 2.41. The predicted octanol–water partition coefficient (Wildman–Crippen LogP) is 4.19. The Kier molecular flexibility index (Phi) is 5.09. The Morgan fingerprint density at radius 2 is 1.70 bits per heavy atom. The van der Waals surface area contributed by atoms with Crippen molar-refractivity contribution in [3.8, 4) is 0 Å². The molecule has 2 rings (SSSR count). The molecule has 0 aliphatic heterocycles. The first kappa shape index (κ1) is 17.9. The number of carbonyl (C=O) groups is 1. The van der Waals surface area contributed by atoms with Gasteiger partial charge in [-0.1, -0.05) is 41.5 Å². The van der Waals surface area contributed by atoms with E-state index in [0.29, 0.717) is 21.3 Å². The zero-order valence-electron chi connectivity index (χ0n) is 15.3. The van der Waals surface area contributed by atoms with Gasteiger partial charge in [0.2, 0.25) is 0 Å². The fourth-order valence-corrected chi connectivity index (χ4v) is 9.19. The topological polar surface area (TPSA) is 46.9 Å². The van der Waals surface area contributed by atoms with Crippen LogP contribution in [0.2, 0.25) is 0 Å². The van der Waals surface area contributed by atoms with Crippen LogP contribution in [0.3, 0.4) is 0 Å². The molecule has 0 radical (unpaired) electrons. The molecule has 0 fully saturated rings. The van der Waals surface area contributed by atoms with Gasteiger partial charge in [-0.15, -0.1) is 0 Å². The number of pyridine rings is 1. The van der Waals surface area contributed by atoms with E-state index in [1.54, 1.807) is 13.2 Å². The van der Waals surface area contributed by atoms with Gasteiger partial charge in [-0.25, -0.2) is 4.98 Å². The lowest BCUT2D eigenvalue weighted by atomic mass is 10.2. The molecule has 2 heterocycles. The molecule has 0 atom stereocenters. The lowest BCUT2D eigenvalue weighted by molar-refractivity contribution is 0.0963. The van der Waals surface area contributed by atoms with Crippen molar-refractivity contribution in [2.24, 2.45) is 0 Å². The van der Waals surface area contributed by atoms with Crippen molar-refractivity contribution >= 4 is 27.2 Å². The third kappa shape index (κ3) is 2.75. The van der Waals surface area contributed by atoms with Gasteiger partial charge in [0, 0.05) is 40.6 Å². The number of rotatable bonds is 5. The summed E-state index contributed by atoms with van der Waals surface area (Å²) in [6, 6.07) is 4.02. The fourth-order valence-electron chi connectivity index (χ4n) is 3.84. The fraction of sp³-hybridized carbons (Fsp3) is 0.556. The average molecular weight is 336 g/mol. The van der Waals surface area contributed by atoms with E-state index in [4.69, 9.17) is 0 Å². The standard InChI is InChI=1S/C18H29N3OS/c1-12(2)23(13(3)4,14(5)6)21-9-8-15-10-16(18(22)19-7)11-20-17(15)21/h8-14H,1-7H3,(H,19,22). The van der Waals surface area contributed by atoms with Crippen molar-refractivity contribution in [1.29, 1.82) is 0 Å². The first-order valence-corrected chi connectivity index (χ1v) is 10.0. The SMILES string of the molecule is CNC(=O)c1cnc2c(ccn2S(C(C)C)(C(C)C)C(C)C)c1. The largest absolute Gasteiger partial charge is 0.355 e. The smallest absolute Gasteiger partial charge is 0.252 e. The van der Waals surface area contributed by atoms with Crippen LogP contribution in [0, 0.1) is 0 Å². The van der Waals surface area contributed by atoms with Gasteiger partial charge < -0.3 is 5.32 Å². The number of amides is 1. The Morgan fingerprint density at radius 1 is 1.13 bits per heavy atom. The molecule has 2 aromatic rings. The predicted molar refractivity (Wildman–Crippen MR) is 102 cm³/mol. The Labute approximate surface area is 141 Å². The summed E-state index contributed by atoms with van der Waals surface area (Å²) in [7, 11) is 0.549. The van der Waals surface area contributed by atoms with E-state index in [9.17, 15) is 4.79 Å². The molecular weight excluding hydrogens is 306 g/mol. The maximum atomic E-state index is 11.8. The second kappa shape index (κ2) is 6.56. The molecule has 0 saturated carbocycles. The Hall–Kier alpha value is -1.49. The van der Waals surface area contributed by atoms with Crippen LogP contribution in [0.4, 0.5) is 0 Å². The van der Waals surface area contributed by atoms with Crippen molar-refractivity contribution in [2.75, 3.05) is 7.05 Å². The molecule has 2 aromatic heterocycles. The molecule has 1 N–H and O–H groups in total. The third-order valence-electron chi connectivity index (χ3n) is 4.59. The molecule has 0 aliphatic carbocycles. The molecule has 5 heteroatoms. The van der Waals surface area contributed by atoms with Crippen LogP contribution in [0.25, 0.3) is 11.0 Å². The average Bonchev–Trinajstić information content (AvgIpc) is 2.89. The molecule has 0 aliphatic rings. The van der Waals surface area contributed by atoms with Crippen LogP contribution in [-0.2, 0) is 0 Å². The zero-order chi connectivity index (χ0) is 17.4. The first-order valence-electron chi connectivity index (χ1n) is 8.26. The molecule has 0 bridgehead atoms. The van der Waals surface area contributed by atoms with Crippen LogP contribution in [0.1, 0.15) is 51.9 Å². The van der Waals surface area contributed by atoms with E-state index in [1.807, 2.05) is 6.07 Å². The Balaban J connectivity index is 2.69. The number of hydrogen-bond acceptors (Lipinski definition) is 2. The van der Waals surface area contributed by atoms with Crippen molar-refractivity contribution in [2.45, 2.75) is 57.3 Å². The monoisotopic (exact) mass is 335 g/mol. The number of aromatic nitrogens is 2. The minimum Gasteiger partial charge on any atom is -0.355 e. The number of nitrogens with zero attached hydrogens (tertiary/aromatic N) is 2. The molecule has 4 nitrogen and oxygen atoms in total. The van der Waals surface area contributed by atoms with Crippen molar-refractivity contribution in [3.05, 3.63) is 30.1 Å². The third-order valence-corrected chi connectivity index (χ3v) is 10.1. The molecule has 0 aromatic carbocycles. The number of fused-ring (bicyclic) bond motifs is 1. The second-order valence-corrected chi connectivity index (χ2v) is 11.4. The second-order valence-electron chi connectivity index (χ2n) is 6.73. The summed E-state index contributed by atoms with van der Waals surface area (Å²) in [5.41, 5.74) is 1.60. The van der Waals surface area contributed by atoms with E-state index in [0.717, 1.165) is 11.0 Å². The van der Waals surface area contributed by atoms with Gasteiger partial charge in [-0.05, 0) is 12.1 Å². The molecule has 23 heavy (non-hydrogen) atoms. The summed E-state index contributed by atoms with van der Waals surface area (Å²) >= 11 is 0. The Bertz CT molecular complexity index is 682. The molecule has 128 valence electrons. The summed E-state index contributed by atoms with van der Waals surface area (Å²) in [4.78, 5) is 16.5. The van der Waals surface area contributed by atoms with Gasteiger partial charge in [0.25, 0.3) is 5.91 Å². The van der Waals surface area contributed by atoms with E-state index in [-0.39, 0.29) is 5.91 Å². The Morgan fingerprint density at radius 3 is 2.17 bits per heavy atom. The summed E-state index contributed by atoms with van der Waals surface area (Å²) in [6.45, 7) is 13.9.